The summed E-state index contributed by atoms with van der Waals surface area (Å²) in [4.78, 5) is 19.2. The summed E-state index contributed by atoms with van der Waals surface area (Å²) in [6.07, 6.45) is 4.27. The fourth-order valence-electron chi connectivity index (χ4n) is 4.52. The van der Waals surface area contributed by atoms with E-state index in [0.29, 0.717) is 5.56 Å². The van der Waals surface area contributed by atoms with Crippen LogP contribution < -0.4 is 0 Å². The molecule has 0 amide bonds. The van der Waals surface area contributed by atoms with Crippen LogP contribution in [0.2, 0.25) is 0 Å². The van der Waals surface area contributed by atoms with E-state index in [1.54, 1.807) is 0 Å². The van der Waals surface area contributed by atoms with Crippen LogP contribution in [-0.4, -0.2) is 27.5 Å². The van der Waals surface area contributed by atoms with E-state index in [9.17, 15) is 4.79 Å². The van der Waals surface area contributed by atoms with Crippen molar-refractivity contribution in [2.24, 2.45) is 0 Å². The minimum absolute atomic E-state index is 0.132. The second-order valence-electron chi connectivity index (χ2n) is 9.13. The van der Waals surface area contributed by atoms with Gasteiger partial charge in [-0.25, -0.2) is 9.78 Å². The Labute approximate surface area is 214 Å². The Bertz CT molecular complexity index is 1230. The standard InChI is InChI=1S/C31H35N3O2/c1-4-5-20-34-29(21-32-30(34)27-14-10-7-11-15-27)24(2)33(22-25-12-8-6-9-13-25)23-26-16-18-28(19-17-26)31(35)36-3/h6-19,21,24H,4-5,20,22-23H2,1-3H3. The van der Waals surface area contributed by atoms with Crippen LogP contribution in [0.25, 0.3) is 11.4 Å². The van der Waals surface area contributed by atoms with Crippen molar-refractivity contribution < 1.29 is 9.53 Å². The number of ether oxygens (including phenoxy) is 1. The third kappa shape index (κ3) is 6.10. The molecule has 0 spiro atoms. The maximum atomic E-state index is 11.9. The molecule has 0 aliphatic rings. The summed E-state index contributed by atoms with van der Waals surface area (Å²) in [5.41, 5.74) is 5.32. The van der Waals surface area contributed by atoms with Gasteiger partial charge in [0.2, 0.25) is 0 Å². The summed E-state index contributed by atoms with van der Waals surface area (Å²) < 4.78 is 7.25. The number of hydrogen-bond donors (Lipinski definition) is 0. The van der Waals surface area contributed by atoms with Gasteiger partial charge < -0.3 is 9.30 Å². The van der Waals surface area contributed by atoms with Crippen LogP contribution in [-0.2, 0) is 24.4 Å². The number of hydrogen-bond acceptors (Lipinski definition) is 4. The Kier molecular flexibility index (Phi) is 8.69. The molecule has 0 aliphatic carbocycles. The third-order valence-corrected chi connectivity index (χ3v) is 6.62. The zero-order valence-electron chi connectivity index (χ0n) is 21.4. The van der Waals surface area contributed by atoms with E-state index in [0.717, 1.165) is 49.4 Å². The van der Waals surface area contributed by atoms with Gasteiger partial charge >= 0.3 is 5.97 Å². The van der Waals surface area contributed by atoms with E-state index in [4.69, 9.17) is 9.72 Å². The molecule has 0 bridgehead atoms. The highest BCUT2D eigenvalue weighted by Crippen LogP contribution is 2.29. The Balaban J connectivity index is 1.67. The molecule has 1 unspecified atom stereocenters. The molecule has 4 aromatic rings. The summed E-state index contributed by atoms with van der Waals surface area (Å²) in [5, 5.41) is 0. The Morgan fingerprint density at radius 1 is 0.917 bits per heavy atom. The zero-order valence-corrected chi connectivity index (χ0v) is 21.4. The van der Waals surface area contributed by atoms with Crippen molar-refractivity contribution in [3.05, 3.63) is 114 Å². The lowest BCUT2D eigenvalue weighted by Crippen LogP contribution is -2.28. The van der Waals surface area contributed by atoms with Crippen molar-refractivity contribution in [2.45, 2.75) is 52.4 Å². The minimum Gasteiger partial charge on any atom is -0.465 e. The first-order valence-corrected chi connectivity index (χ1v) is 12.7. The normalized spacial score (nSPS) is 12.0. The smallest absolute Gasteiger partial charge is 0.337 e. The lowest BCUT2D eigenvalue weighted by Gasteiger charge is -2.30. The van der Waals surface area contributed by atoms with Gasteiger partial charge in [-0.1, -0.05) is 86.1 Å². The van der Waals surface area contributed by atoms with Gasteiger partial charge in [0.15, 0.2) is 0 Å². The van der Waals surface area contributed by atoms with Crippen LogP contribution in [0.1, 0.15) is 59.9 Å². The molecular formula is C31H35N3O2. The Morgan fingerprint density at radius 3 is 2.14 bits per heavy atom. The lowest BCUT2D eigenvalue weighted by atomic mass is 10.1. The molecule has 186 valence electrons. The van der Waals surface area contributed by atoms with E-state index in [2.05, 4.69) is 77.9 Å². The highest BCUT2D eigenvalue weighted by molar-refractivity contribution is 5.89. The van der Waals surface area contributed by atoms with Gasteiger partial charge in [-0.05, 0) is 36.6 Å². The predicted octanol–water partition coefficient (Wildman–Crippen LogP) is 6.90. The molecule has 0 saturated carbocycles. The average Bonchev–Trinajstić information content (AvgIpc) is 3.36. The highest BCUT2D eigenvalue weighted by Gasteiger charge is 2.23. The van der Waals surface area contributed by atoms with Crippen molar-refractivity contribution >= 4 is 5.97 Å². The maximum absolute atomic E-state index is 11.9. The minimum atomic E-state index is -0.315. The number of carbonyl (C=O) groups excluding carboxylic acids is 1. The topological polar surface area (TPSA) is 47.4 Å². The molecule has 5 heteroatoms. The van der Waals surface area contributed by atoms with Gasteiger partial charge in [0.1, 0.15) is 5.82 Å². The number of benzene rings is 3. The molecule has 5 nitrogen and oxygen atoms in total. The molecule has 0 fully saturated rings. The number of rotatable bonds is 11. The molecule has 4 rings (SSSR count). The molecule has 1 atom stereocenters. The predicted molar refractivity (Wildman–Crippen MR) is 144 cm³/mol. The maximum Gasteiger partial charge on any atom is 0.337 e. The quantitative estimate of drug-likeness (QED) is 0.219. The van der Waals surface area contributed by atoms with E-state index in [-0.39, 0.29) is 12.0 Å². The second-order valence-corrected chi connectivity index (χ2v) is 9.13. The summed E-state index contributed by atoms with van der Waals surface area (Å²) in [7, 11) is 1.41. The van der Waals surface area contributed by atoms with Crippen molar-refractivity contribution in [1.82, 2.24) is 14.5 Å². The number of methoxy groups -OCH3 is 1. The van der Waals surface area contributed by atoms with E-state index in [1.165, 1.54) is 18.4 Å². The van der Waals surface area contributed by atoms with E-state index < -0.39 is 0 Å². The van der Waals surface area contributed by atoms with E-state index >= 15 is 0 Å². The fourth-order valence-corrected chi connectivity index (χ4v) is 4.52. The number of unbranched alkanes of at least 4 members (excludes halogenated alkanes) is 1. The molecule has 36 heavy (non-hydrogen) atoms. The fraction of sp³-hybridized carbons (Fsp3) is 0.290. The molecular weight excluding hydrogens is 446 g/mol. The zero-order chi connectivity index (χ0) is 25.3. The van der Waals surface area contributed by atoms with Crippen LogP contribution in [0.5, 0.6) is 0 Å². The number of nitrogens with zero attached hydrogens (tertiary/aromatic N) is 3. The van der Waals surface area contributed by atoms with Crippen LogP contribution in [0.15, 0.2) is 91.1 Å². The Morgan fingerprint density at radius 2 is 1.53 bits per heavy atom. The van der Waals surface area contributed by atoms with Gasteiger partial charge in [-0.2, -0.15) is 0 Å². The first-order chi connectivity index (χ1) is 17.6. The van der Waals surface area contributed by atoms with Crippen molar-refractivity contribution in [1.29, 1.82) is 0 Å². The summed E-state index contributed by atoms with van der Waals surface area (Å²) >= 11 is 0. The van der Waals surface area contributed by atoms with Crippen LogP contribution >= 0.6 is 0 Å². The Hall–Kier alpha value is -3.70. The SMILES string of the molecule is CCCCn1c(C(C)N(Cc2ccccc2)Cc2ccc(C(=O)OC)cc2)cnc1-c1ccccc1. The van der Waals surface area contributed by atoms with Gasteiger partial charge in [0.25, 0.3) is 0 Å². The lowest BCUT2D eigenvalue weighted by molar-refractivity contribution is 0.0600. The number of esters is 1. The largest absolute Gasteiger partial charge is 0.465 e. The van der Waals surface area contributed by atoms with Gasteiger partial charge in [-0.15, -0.1) is 0 Å². The molecule has 1 aromatic heterocycles. The van der Waals surface area contributed by atoms with Crippen LogP contribution in [0.3, 0.4) is 0 Å². The molecule has 0 saturated heterocycles. The first kappa shape index (κ1) is 25.4. The molecule has 1 heterocycles. The van der Waals surface area contributed by atoms with Crippen LogP contribution in [0, 0.1) is 0 Å². The van der Waals surface area contributed by atoms with E-state index in [1.807, 2.05) is 36.5 Å². The summed E-state index contributed by atoms with van der Waals surface area (Å²) in [6, 6.07) is 28.8. The molecule has 0 N–H and O–H groups in total. The first-order valence-electron chi connectivity index (χ1n) is 12.7. The third-order valence-electron chi connectivity index (χ3n) is 6.62. The van der Waals surface area contributed by atoms with Crippen LogP contribution in [0.4, 0.5) is 0 Å². The van der Waals surface area contributed by atoms with Gasteiger partial charge in [0.05, 0.1) is 24.6 Å². The number of imidazole rings is 1. The van der Waals surface area contributed by atoms with Crippen molar-refractivity contribution in [3.63, 3.8) is 0 Å². The summed E-state index contributed by atoms with van der Waals surface area (Å²) in [5.74, 6) is 0.706. The van der Waals surface area contributed by atoms with Crippen molar-refractivity contribution in [2.75, 3.05) is 7.11 Å². The number of aromatic nitrogens is 2. The second kappa shape index (κ2) is 12.3. The van der Waals surface area contributed by atoms with Gasteiger partial charge in [-0.3, -0.25) is 4.90 Å². The molecule has 0 aliphatic heterocycles. The van der Waals surface area contributed by atoms with Gasteiger partial charge in [0, 0.05) is 31.2 Å². The monoisotopic (exact) mass is 481 g/mol. The van der Waals surface area contributed by atoms with Crippen molar-refractivity contribution in [3.8, 4) is 11.4 Å². The highest BCUT2D eigenvalue weighted by atomic mass is 16.5. The average molecular weight is 482 g/mol. The molecule has 0 radical (unpaired) electrons. The molecule has 3 aromatic carbocycles. The summed E-state index contributed by atoms with van der Waals surface area (Å²) in [6.45, 7) is 6.98. The number of carbonyl (C=O) groups is 1.